The molecule has 2 heterocycles. The van der Waals surface area contributed by atoms with E-state index in [1.54, 1.807) is 0 Å². The second-order valence-electron chi connectivity index (χ2n) is 6.87. The van der Waals surface area contributed by atoms with Gasteiger partial charge >= 0.3 is 0 Å². The third-order valence-corrected chi connectivity index (χ3v) is 5.15. The maximum Gasteiger partial charge on any atom is 0.230 e. The zero-order valence-electron chi connectivity index (χ0n) is 13.3. The lowest BCUT2D eigenvalue weighted by Crippen LogP contribution is -2.34. The molecule has 0 aromatic heterocycles. The van der Waals surface area contributed by atoms with Gasteiger partial charge in [-0.1, -0.05) is 0 Å². The van der Waals surface area contributed by atoms with Crippen molar-refractivity contribution in [2.75, 3.05) is 29.9 Å². The molecule has 0 atom stereocenters. The minimum absolute atomic E-state index is 0.109. The number of nitrogens with zero attached hydrogens (tertiary/aromatic N) is 1. The normalized spacial score (nSPS) is 21.1. The summed E-state index contributed by atoms with van der Waals surface area (Å²) in [5, 5.41) is 6.33. The van der Waals surface area contributed by atoms with Crippen molar-refractivity contribution >= 4 is 23.2 Å². The van der Waals surface area contributed by atoms with Crippen LogP contribution in [0.3, 0.4) is 0 Å². The smallest absolute Gasteiger partial charge is 0.230 e. The van der Waals surface area contributed by atoms with Gasteiger partial charge in [0.25, 0.3) is 0 Å². The first-order valence-electron chi connectivity index (χ1n) is 8.68. The van der Waals surface area contributed by atoms with E-state index in [4.69, 9.17) is 0 Å². The standard InChI is InChI=1S/C18H23N3O2/c22-17(12-5-8-19-9-6-12)20-15-3-4-16-14(11-15)7-10-21(16)18(23)13-1-2-13/h3-4,11-13,19H,1-2,5-10H2,(H,20,22). The van der Waals surface area contributed by atoms with Gasteiger partial charge in [-0.25, -0.2) is 0 Å². The maximum atomic E-state index is 12.3. The van der Waals surface area contributed by atoms with Crippen LogP contribution in [0.1, 0.15) is 31.2 Å². The molecule has 122 valence electrons. The number of carbonyl (C=O) groups is 2. The zero-order chi connectivity index (χ0) is 15.8. The summed E-state index contributed by atoms with van der Waals surface area (Å²) >= 11 is 0. The number of benzene rings is 1. The maximum absolute atomic E-state index is 12.3. The molecule has 2 amide bonds. The average molecular weight is 313 g/mol. The molecule has 1 aromatic rings. The van der Waals surface area contributed by atoms with Crippen LogP contribution in [0.5, 0.6) is 0 Å². The third-order valence-electron chi connectivity index (χ3n) is 5.15. The second-order valence-corrected chi connectivity index (χ2v) is 6.87. The van der Waals surface area contributed by atoms with Crippen LogP contribution in [-0.4, -0.2) is 31.4 Å². The minimum atomic E-state index is 0.109. The average Bonchev–Trinajstić information content (AvgIpc) is 3.35. The van der Waals surface area contributed by atoms with E-state index in [1.807, 2.05) is 23.1 Å². The number of carbonyl (C=O) groups excluding carboxylic acids is 2. The van der Waals surface area contributed by atoms with E-state index >= 15 is 0 Å². The number of hydrogen-bond acceptors (Lipinski definition) is 3. The van der Waals surface area contributed by atoms with Crippen molar-refractivity contribution in [3.8, 4) is 0 Å². The van der Waals surface area contributed by atoms with E-state index < -0.39 is 0 Å². The van der Waals surface area contributed by atoms with Crippen molar-refractivity contribution in [2.45, 2.75) is 32.1 Å². The van der Waals surface area contributed by atoms with E-state index in [-0.39, 0.29) is 23.7 Å². The molecule has 0 bridgehead atoms. The first kappa shape index (κ1) is 14.7. The van der Waals surface area contributed by atoms with Crippen molar-refractivity contribution in [1.29, 1.82) is 0 Å². The number of rotatable bonds is 3. The molecule has 0 spiro atoms. The van der Waals surface area contributed by atoms with Crippen molar-refractivity contribution in [3.63, 3.8) is 0 Å². The number of piperidine rings is 1. The molecule has 1 aliphatic carbocycles. The van der Waals surface area contributed by atoms with Crippen molar-refractivity contribution in [3.05, 3.63) is 23.8 Å². The Kier molecular flexibility index (Phi) is 3.81. The highest BCUT2D eigenvalue weighted by molar-refractivity contribution is 5.99. The number of amides is 2. The van der Waals surface area contributed by atoms with E-state index in [1.165, 1.54) is 5.56 Å². The van der Waals surface area contributed by atoms with Gasteiger partial charge in [0.05, 0.1) is 0 Å². The summed E-state index contributed by atoms with van der Waals surface area (Å²) in [7, 11) is 0. The van der Waals surface area contributed by atoms with Gasteiger partial charge in [0.2, 0.25) is 11.8 Å². The quantitative estimate of drug-likeness (QED) is 0.896. The van der Waals surface area contributed by atoms with Crippen LogP contribution >= 0.6 is 0 Å². The summed E-state index contributed by atoms with van der Waals surface area (Å²) in [5.74, 6) is 0.753. The molecule has 5 nitrogen and oxygen atoms in total. The van der Waals surface area contributed by atoms with Gasteiger partial charge in [-0.3, -0.25) is 9.59 Å². The van der Waals surface area contributed by atoms with E-state index in [9.17, 15) is 9.59 Å². The summed E-state index contributed by atoms with van der Waals surface area (Å²) < 4.78 is 0. The first-order valence-corrected chi connectivity index (χ1v) is 8.68. The molecule has 23 heavy (non-hydrogen) atoms. The Labute approximate surface area is 136 Å². The summed E-state index contributed by atoms with van der Waals surface area (Å²) in [5.41, 5.74) is 3.05. The van der Waals surface area contributed by atoms with Crippen molar-refractivity contribution in [1.82, 2.24) is 5.32 Å². The molecule has 0 unspecified atom stereocenters. The van der Waals surface area contributed by atoms with Crippen LogP contribution in [0.15, 0.2) is 18.2 Å². The highest BCUT2D eigenvalue weighted by Gasteiger charge is 2.36. The number of anilines is 2. The minimum Gasteiger partial charge on any atom is -0.326 e. The predicted octanol–water partition coefficient (Wildman–Crippen LogP) is 1.92. The lowest BCUT2D eigenvalue weighted by molar-refractivity contribution is -0.121. The van der Waals surface area contributed by atoms with E-state index in [0.29, 0.717) is 0 Å². The Morgan fingerprint density at radius 3 is 2.61 bits per heavy atom. The SMILES string of the molecule is O=C(Nc1ccc2c(c1)CCN2C(=O)C1CC1)C1CCNCC1. The van der Waals surface area contributed by atoms with Gasteiger partial charge < -0.3 is 15.5 Å². The van der Waals surface area contributed by atoms with Crippen molar-refractivity contribution < 1.29 is 9.59 Å². The Bertz CT molecular complexity index is 633. The Balaban J connectivity index is 1.45. The molecule has 5 heteroatoms. The monoisotopic (exact) mass is 313 g/mol. The summed E-state index contributed by atoms with van der Waals surface area (Å²) in [4.78, 5) is 26.5. The van der Waals surface area contributed by atoms with Gasteiger partial charge in [0.1, 0.15) is 0 Å². The van der Waals surface area contributed by atoms with Gasteiger partial charge in [-0.2, -0.15) is 0 Å². The van der Waals surface area contributed by atoms with Crippen LogP contribution in [-0.2, 0) is 16.0 Å². The number of hydrogen-bond donors (Lipinski definition) is 2. The van der Waals surface area contributed by atoms with Gasteiger partial charge in [0.15, 0.2) is 0 Å². The zero-order valence-corrected chi connectivity index (χ0v) is 13.3. The van der Waals surface area contributed by atoms with Crippen LogP contribution < -0.4 is 15.5 Å². The van der Waals surface area contributed by atoms with Crippen LogP contribution in [0.4, 0.5) is 11.4 Å². The van der Waals surface area contributed by atoms with Crippen LogP contribution in [0.2, 0.25) is 0 Å². The van der Waals surface area contributed by atoms with Gasteiger partial charge in [0, 0.05) is 29.8 Å². The largest absolute Gasteiger partial charge is 0.326 e. The molecule has 0 radical (unpaired) electrons. The fraction of sp³-hybridized carbons (Fsp3) is 0.556. The molecule has 1 saturated carbocycles. The second kappa shape index (κ2) is 5.96. The van der Waals surface area contributed by atoms with Gasteiger partial charge in [-0.15, -0.1) is 0 Å². The molecule has 1 saturated heterocycles. The number of fused-ring (bicyclic) bond motifs is 1. The van der Waals surface area contributed by atoms with Crippen molar-refractivity contribution in [2.24, 2.45) is 11.8 Å². The Hall–Kier alpha value is -1.88. The molecule has 2 fully saturated rings. The molecule has 2 N–H and O–H groups in total. The molecular weight excluding hydrogens is 290 g/mol. The summed E-state index contributed by atoms with van der Waals surface area (Å²) in [6, 6.07) is 5.95. The molecule has 4 rings (SSSR count). The highest BCUT2D eigenvalue weighted by Crippen LogP contribution is 2.37. The van der Waals surface area contributed by atoms with E-state index in [2.05, 4.69) is 10.6 Å². The fourth-order valence-electron chi connectivity index (χ4n) is 3.59. The van der Waals surface area contributed by atoms with Crippen LogP contribution in [0, 0.1) is 11.8 Å². The molecule has 3 aliphatic rings. The third kappa shape index (κ3) is 2.98. The Morgan fingerprint density at radius 1 is 1.09 bits per heavy atom. The van der Waals surface area contributed by atoms with E-state index in [0.717, 1.165) is 63.1 Å². The summed E-state index contributed by atoms with van der Waals surface area (Å²) in [6.45, 7) is 2.61. The highest BCUT2D eigenvalue weighted by atomic mass is 16.2. The summed E-state index contributed by atoms with van der Waals surface area (Å²) in [6.07, 6.45) is 4.76. The first-order chi connectivity index (χ1) is 11.2. The molecule has 2 aliphatic heterocycles. The Morgan fingerprint density at radius 2 is 1.87 bits per heavy atom. The lowest BCUT2D eigenvalue weighted by atomic mass is 9.97. The predicted molar refractivity (Wildman–Crippen MR) is 89.4 cm³/mol. The van der Waals surface area contributed by atoms with Gasteiger partial charge in [-0.05, 0) is 69.0 Å². The topological polar surface area (TPSA) is 61.4 Å². The molecular formula is C18H23N3O2. The van der Waals surface area contributed by atoms with Crippen LogP contribution in [0.25, 0.3) is 0 Å². The number of nitrogens with one attached hydrogen (secondary N) is 2. The fourth-order valence-corrected chi connectivity index (χ4v) is 3.59. The molecule has 1 aromatic carbocycles. The lowest BCUT2D eigenvalue weighted by Gasteiger charge is -2.22.